The molecule has 0 spiro atoms. The summed E-state index contributed by atoms with van der Waals surface area (Å²) in [6.07, 6.45) is 0. The van der Waals surface area contributed by atoms with E-state index in [1.54, 1.807) is 31.3 Å². The summed E-state index contributed by atoms with van der Waals surface area (Å²) < 4.78 is 13.7. The van der Waals surface area contributed by atoms with Crippen LogP contribution in [0, 0.1) is 5.82 Å². The molecule has 0 radical (unpaired) electrons. The Kier molecular flexibility index (Phi) is 3.77. The molecule has 18 heavy (non-hydrogen) atoms. The van der Waals surface area contributed by atoms with E-state index in [1.807, 2.05) is 12.1 Å². The van der Waals surface area contributed by atoms with Gasteiger partial charge in [0.1, 0.15) is 5.82 Å². The summed E-state index contributed by atoms with van der Waals surface area (Å²) in [7, 11) is 1.66. The first-order valence-corrected chi connectivity index (χ1v) is 6.16. The summed E-state index contributed by atoms with van der Waals surface area (Å²) in [5.41, 5.74) is 1.24. The van der Waals surface area contributed by atoms with E-state index in [4.69, 9.17) is 0 Å². The van der Waals surface area contributed by atoms with Crippen LogP contribution in [0.25, 0.3) is 0 Å². The highest BCUT2D eigenvalue weighted by molar-refractivity contribution is 9.10. The Labute approximate surface area is 113 Å². The highest BCUT2D eigenvalue weighted by Crippen LogP contribution is 2.17. The van der Waals surface area contributed by atoms with Gasteiger partial charge in [-0.15, -0.1) is 0 Å². The summed E-state index contributed by atoms with van der Waals surface area (Å²) in [4.78, 5) is 13.6. The molecule has 4 heteroatoms. The second kappa shape index (κ2) is 5.31. The van der Waals surface area contributed by atoms with Crippen molar-refractivity contribution in [1.82, 2.24) is 0 Å². The molecule has 0 aliphatic rings. The lowest BCUT2D eigenvalue weighted by Crippen LogP contribution is -2.26. The molecule has 2 aromatic carbocycles. The fraction of sp³-hybridized carbons (Fsp3) is 0.0714. The lowest BCUT2D eigenvalue weighted by atomic mass is 10.2. The highest BCUT2D eigenvalue weighted by Gasteiger charge is 2.13. The van der Waals surface area contributed by atoms with Gasteiger partial charge in [-0.2, -0.15) is 0 Å². The molecule has 92 valence electrons. The van der Waals surface area contributed by atoms with Crippen molar-refractivity contribution in [2.24, 2.45) is 0 Å². The van der Waals surface area contributed by atoms with Crippen LogP contribution in [0.1, 0.15) is 10.4 Å². The molecule has 2 rings (SSSR count). The topological polar surface area (TPSA) is 20.3 Å². The number of carbonyl (C=O) groups is 1. The van der Waals surface area contributed by atoms with E-state index < -0.39 is 0 Å². The van der Waals surface area contributed by atoms with Gasteiger partial charge in [0.15, 0.2) is 0 Å². The molecule has 0 bridgehead atoms. The fourth-order valence-electron chi connectivity index (χ4n) is 1.57. The number of amides is 1. The predicted octanol–water partition coefficient (Wildman–Crippen LogP) is 3.86. The van der Waals surface area contributed by atoms with Crippen LogP contribution >= 0.6 is 15.9 Å². The number of benzene rings is 2. The number of rotatable bonds is 2. The monoisotopic (exact) mass is 307 g/mol. The van der Waals surface area contributed by atoms with E-state index >= 15 is 0 Å². The highest BCUT2D eigenvalue weighted by atomic mass is 79.9. The molecule has 2 aromatic rings. The zero-order valence-electron chi connectivity index (χ0n) is 9.73. The zero-order chi connectivity index (χ0) is 13.1. The summed E-state index contributed by atoms with van der Waals surface area (Å²) in [6.45, 7) is 0. The molecule has 0 N–H and O–H groups in total. The van der Waals surface area contributed by atoms with Gasteiger partial charge < -0.3 is 4.90 Å². The van der Waals surface area contributed by atoms with Crippen molar-refractivity contribution in [3.8, 4) is 0 Å². The van der Waals surface area contributed by atoms with Crippen LogP contribution in [0.5, 0.6) is 0 Å². The van der Waals surface area contributed by atoms with Gasteiger partial charge in [-0.25, -0.2) is 4.39 Å². The van der Waals surface area contributed by atoms with Crippen molar-refractivity contribution >= 4 is 27.5 Å². The molecule has 0 unspecified atom stereocenters. The lowest BCUT2D eigenvalue weighted by Gasteiger charge is -2.17. The van der Waals surface area contributed by atoms with Crippen LogP contribution in [-0.2, 0) is 0 Å². The maximum atomic E-state index is 12.8. The molecule has 0 aliphatic heterocycles. The van der Waals surface area contributed by atoms with Crippen LogP contribution in [0.3, 0.4) is 0 Å². The smallest absolute Gasteiger partial charge is 0.258 e. The number of halogens is 2. The minimum absolute atomic E-state index is 0.130. The summed E-state index contributed by atoms with van der Waals surface area (Å²) in [5, 5.41) is 0. The van der Waals surface area contributed by atoms with Gasteiger partial charge >= 0.3 is 0 Å². The second-order valence-electron chi connectivity index (χ2n) is 3.85. The number of anilines is 1. The average Bonchev–Trinajstić information content (AvgIpc) is 2.39. The predicted molar refractivity (Wildman–Crippen MR) is 73.3 cm³/mol. The fourth-order valence-corrected chi connectivity index (χ4v) is 1.83. The maximum Gasteiger partial charge on any atom is 0.258 e. The molecule has 0 atom stereocenters. The van der Waals surface area contributed by atoms with Crippen molar-refractivity contribution in [3.05, 3.63) is 64.4 Å². The standard InChI is InChI=1S/C14H11BrFNO/c1-17(13-8-6-12(16)7-9-13)14(18)10-2-4-11(15)5-3-10/h2-9H,1H3. The molecule has 1 amide bonds. The Morgan fingerprint density at radius 3 is 2.17 bits per heavy atom. The maximum absolute atomic E-state index is 12.8. The lowest BCUT2D eigenvalue weighted by molar-refractivity contribution is 0.0993. The normalized spacial score (nSPS) is 10.2. The van der Waals surface area contributed by atoms with Crippen LogP contribution in [0.15, 0.2) is 53.0 Å². The zero-order valence-corrected chi connectivity index (χ0v) is 11.3. The van der Waals surface area contributed by atoms with Gasteiger partial charge in [-0.1, -0.05) is 15.9 Å². The van der Waals surface area contributed by atoms with E-state index in [1.165, 1.54) is 17.0 Å². The molecule has 0 saturated carbocycles. The Morgan fingerprint density at radius 1 is 1.06 bits per heavy atom. The molecule has 0 saturated heterocycles. The first-order chi connectivity index (χ1) is 8.58. The quantitative estimate of drug-likeness (QED) is 0.825. The number of hydrogen-bond donors (Lipinski definition) is 0. The van der Waals surface area contributed by atoms with Crippen molar-refractivity contribution in [2.45, 2.75) is 0 Å². The van der Waals surface area contributed by atoms with Crippen molar-refractivity contribution in [3.63, 3.8) is 0 Å². The van der Waals surface area contributed by atoms with Crippen molar-refractivity contribution in [1.29, 1.82) is 0 Å². The van der Waals surface area contributed by atoms with Gasteiger partial charge in [0.25, 0.3) is 5.91 Å². The third kappa shape index (κ3) is 2.76. The average molecular weight is 308 g/mol. The first kappa shape index (κ1) is 12.8. The summed E-state index contributed by atoms with van der Waals surface area (Å²) in [6, 6.07) is 12.9. The van der Waals surface area contributed by atoms with Crippen LogP contribution in [0.4, 0.5) is 10.1 Å². The SMILES string of the molecule is CN(C(=O)c1ccc(Br)cc1)c1ccc(F)cc1. The molecule has 2 nitrogen and oxygen atoms in total. The van der Waals surface area contributed by atoms with E-state index in [0.717, 1.165) is 4.47 Å². The van der Waals surface area contributed by atoms with Gasteiger partial charge in [0.05, 0.1) is 0 Å². The first-order valence-electron chi connectivity index (χ1n) is 5.37. The molecule has 0 fully saturated rings. The van der Waals surface area contributed by atoms with Crippen molar-refractivity contribution < 1.29 is 9.18 Å². The third-order valence-corrected chi connectivity index (χ3v) is 3.14. The third-order valence-electron chi connectivity index (χ3n) is 2.61. The van der Waals surface area contributed by atoms with Crippen LogP contribution in [-0.4, -0.2) is 13.0 Å². The molecular formula is C14H11BrFNO. The summed E-state index contributed by atoms with van der Waals surface area (Å²) >= 11 is 3.32. The van der Waals surface area contributed by atoms with Crippen LogP contribution in [0.2, 0.25) is 0 Å². The Hall–Kier alpha value is -1.68. The van der Waals surface area contributed by atoms with E-state index in [2.05, 4.69) is 15.9 Å². The Bertz CT molecular complexity index is 551. The van der Waals surface area contributed by atoms with Gasteiger partial charge in [0, 0.05) is 22.8 Å². The molecule has 0 aromatic heterocycles. The van der Waals surface area contributed by atoms with Gasteiger partial charge in [-0.05, 0) is 48.5 Å². The van der Waals surface area contributed by atoms with Gasteiger partial charge in [0.2, 0.25) is 0 Å². The van der Waals surface area contributed by atoms with E-state index in [-0.39, 0.29) is 11.7 Å². The van der Waals surface area contributed by atoms with Gasteiger partial charge in [-0.3, -0.25) is 4.79 Å². The van der Waals surface area contributed by atoms with Crippen LogP contribution < -0.4 is 4.90 Å². The Morgan fingerprint density at radius 2 is 1.61 bits per heavy atom. The number of hydrogen-bond acceptors (Lipinski definition) is 1. The Balaban J connectivity index is 2.23. The number of carbonyl (C=O) groups excluding carboxylic acids is 1. The van der Waals surface area contributed by atoms with Crippen molar-refractivity contribution in [2.75, 3.05) is 11.9 Å². The van der Waals surface area contributed by atoms with E-state index in [0.29, 0.717) is 11.3 Å². The number of nitrogens with zero attached hydrogens (tertiary/aromatic N) is 1. The minimum Gasteiger partial charge on any atom is -0.311 e. The molecule has 0 heterocycles. The summed E-state index contributed by atoms with van der Waals surface area (Å²) in [5.74, 6) is -0.447. The second-order valence-corrected chi connectivity index (χ2v) is 4.76. The largest absolute Gasteiger partial charge is 0.311 e. The molecule has 0 aliphatic carbocycles. The van der Waals surface area contributed by atoms with E-state index in [9.17, 15) is 9.18 Å². The minimum atomic E-state index is -0.316. The molecular weight excluding hydrogens is 297 g/mol.